The van der Waals surface area contributed by atoms with E-state index >= 15 is 0 Å². The maximum atomic E-state index is 2.21. The molecule has 0 atom stereocenters. The van der Waals surface area contributed by atoms with Gasteiger partial charge in [0.1, 0.15) is 14.1 Å². The van der Waals surface area contributed by atoms with Crippen LogP contribution in [-0.4, -0.2) is 24.9 Å². The Morgan fingerprint density at radius 1 is 0.500 bits per heavy atom. The summed E-state index contributed by atoms with van der Waals surface area (Å²) in [5.74, 6) is 0. The van der Waals surface area contributed by atoms with Gasteiger partial charge in [-0.3, -0.25) is 0 Å². The van der Waals surface area contributed by atoms with E-state index in [4.69, 9.17) is 0 Å². The fourth-order valence-corrected chi connectivity index (χ4v) is 3.53. The van der Waals surface area contributed by atoms with E-state index in [2.05, 4.69) is 126 Å². The Labute approximate surface area is 179 Å². The molecule has 0 amide bonds. The SMILES string of the molecule is C[N+](C)=CC=C(c1ccc(-c2ccccc2)cc1)c1ccc(-c2ccccc2)cc1. The molecule has 0 saturated carbocycles. The van der Waals surface area contributed by atoms with Crippen LogP contribution in [0.25, 0.3) is 27.8 Å². The van der Waals surface area contributed by atoms with Gasteiger partial charge in [-0.1, -0.05) is 109 Å². The highest BCUT2D eigenvalue weighted by Crippen LogP contribution is 2.28. The lowest BCUT2D eigenvalue weighted by atomic mass is 9.94. The molecule has 146 valence electrons. The van der Waals surface area contributed by atoms with Gasteiger partial charge in [-0.15, -0.1) is 0 Å². The molecule has 0 spiro atoms. The second-order valence-electron chi connectivity index (χ2n) is 7.58. The molecule has 0 aliphatic heterocycles. The quantitative estimate of drug-likeness (QED) is 0.261. The molecule has 0 bridgehead atoms. The largest absolute Gasteiger partial charge is 0.241 e. The lowest BCUT2D eigenvalue weighted by molar-refractivity contribution is -0.458. The fraction of sp³-hybridized carbons (Fsp3) is 0.0690. The summed E-state index contributed by atoms with van der Waals surface area (Å²) in [4.78, 5) is 0. The standard InChI is InChI=1S/C29H26N/c1-30(2)22-21-29(27-17-13-25(14-18-27)23-9-5-3-6-10-23)28-19-15-26(16-20-28)24-11-7-4-8-12-24/h3-22H,1-2H3/q+1. The summed E-state index contributed by atoms with van der Waals surface area (Å²) in [5.41, 5.74) is 8.57. The van der Waals surface area contributed by atoms with Gasteiger partial charge in [0.15, 0.2) is 6.21 Å². The molecule has 0 saturated heterocycles. The van der Waals surface area contributed by atoms with E-state index in [1.54, 1.807) is 0 Å². The average molecular weight is 389 g/mol. The predicted molar refractivity (Wildman–Crippen MR) is 129 cm³/mol. The highest BCUT2D eigenvalue weighted by atomic mass is 14.9. The first-order valence-electron chi connectivity index (χ1n) is 10.2. The molecule has 0 heterocycles. The third kappa shape index (κ3) is 4.64. The molecule has 0 radical (unpaired) electrons. The van der Waals surface area contributed by atoms with E-state index in [1.807, 2.05) is 14.1 Å². The van der Waals surface area contributed by atoms with Gasteiger partial charge in [-0.05, 0) is 39.0 Å². The molecule has 0 fully saturated rings. The van der Waals surface area contributed by atoms with Gasteiger partial charge >= 0.3 is 0 Å². The van der Waals surface area contributed by atoms with Crippen LogP contribution in [0.3, 0.4) is 0 Å². The zero-order valence-electron chi connectivity index (χ0n) is 17.5. The minimum absolute atomic E-state index is 1.21. The maximum absolute atomic E-state index is 2.21. The van der Waals surface area contributed by atoms with Gasteiger partial charge in [0.05, 0.1) is 0 Å². The molecule has 0 unspecified atom stereocenters. The summed E-state index contributed by atoms with van der Waals surface area (Å²) in [6.45, 7) is 0. The van der Waals surface area contributed by atoms with Gasteiger partial charge in [0.25, 0.3) is 0 Å². The minimum Gasteiger partial charge on any atom is -0.241 e. The monoisotopic (exact) mass is 388 g/mol. The average Bonchev–Trinajstić information content (AvgIpc) is 2.81. The molecule has 0 aromatic heterocycles. The molecular weight excluding hydrogens is 362 g/mol. The van der Waals surface area contributed by atoms with Crippen LogP contribution in [-0.2, 0) is 0 Å². The van der Waals surface area contributed by atoms with Gasteiger partial charge in [-0.2, -0.15) is 0 Å². The van der Waals surface area contributed by atoms with Crippen LogP contribution in [0.2, 0.25) is 0 Å². The van der Waals surface area contributed by atoms with E-state index in [9.17, 15) is 0 Å². The van der Waals surface area contributed by atoms with Crippen molar-refractivity contribution in [1.29, 1.82) is 0 Å². The Morgan fingerprint density at radius 2 is 0.867 bits per heavy atom. The minimum atomic E-state index is 1.21. The second-order valence-corrected chi connectivity index (χ2v) is 7.58. The van der Waals surface area contributed by atoms with E-state index in [0.29, 0.717) is 0 Å². The van der Waals surface area contributed by atoms with E-state index < -0.39 is 0 Å². The number of allylic oxidation sites excluding steroid dienone is 1. The van der Waals surface area contributed by atoms with Crippen molar-refractivity contribution in [3.63, 3.8) is 0 Å². The molecule has 4 aromatic rings. The fourth-order valence-electron chi connectivity index (χ4n) is 3.53. The summed E-state index contributed by atoms with van der Waals surface area (Å²) in [7, 11) is 4.09. The molecule has 0 aliphatic carbocycles. The van der Waals surface area contributed by atoms with Crippen molar-refractivity contribution in [2.45, 2.75) is 0 Å². The first-order valence-corrected chi connectivity index (χ1v) is 10.2. The number of hydrogen-bond acceptors (Lipinski definition) is 0. The van der Waals surface area contributed by atoms with Gasteiger partial charge in [0.2, 0.25) is 0 Å². The van der Waals surface area contributed by atoms with E-state index in [-0.39, 0.29) is 0 Å². The summed E-state index contributed by atoms with van der Waals surface area (Å²) >= 11 is 0. The van der Waals surface area contributed by atoms with Gasteiger partial charge in [0, 0.05) is 6.08 Å². The van der Waals surface area contributed by atoms with Gasteiger partial charge in [-0.25, -0.2) is 4.58 Å². The second kappa shape index (κ2) is 9.19. The summed E-state index contributed by atoms with van der Waals surface area (Å²) in [5, 5.41) is 0. The molecule has 0 N–H and O–H groups in total. The van der Waals surface area contributed by atoms with Crippen LogP contribution in [0.1, 0.15) is 11.1 Å². The summed E-state index contributed by atoms with van der Waals surface area (Å²) in [6.07, 6.45) is 4.29. The smallest absolute Gasteiger partial charge is 0.163 e. The number of nitrogens with zero attached hydrogens (tertiary/aromatic N) is 1. The predicted octanol–water partition coefficient (Wildman–Crippen LogP) is 6.80. The Kier molecular flexibility index (Phi) is 6.01. The van der Waals surface area contributed by atoms with E-state index in [1.165, 1.54) is 39.0 Å². The highest BCUT2D eigenvalue weighted by Gasteiger charge is 2.07. The molecule has 1 heteroatoms. The van der Waals surface area contributed by atoms with Crippen LogP contribution in [0.5, 0.6) is 0 Å². The Hall–Kier alpha value is -3.71. The Balaban J connectivity index is 1.69. The van der Waals surface area contributed by atoms with Crippen molar-refractivity contribution in [3.05, 3.63) is 126 Å². The maximum Gasteiger partial charge on any atom is 0.163 e. The van der Waals surface area contributed by atoms with Crippen molar-refractivity contribution in [3.8, 4) is 22.3 Å². The molecule has 4 rings (SSSR count). The topological polar surface area (TPSA) is 3.01 Å². The molecule has 0 aliphatic rings. The molecular formula is C29H26N+. The van der Waals surface area contributed by atoms with Crippen molar-refractivity contribution >= 4 is 11.8 Å². The normalized spacial score (nSPS) is 10.3. The Morgan fingerprint density at radius 3 is 1.23 bits per heavy atom. The molecule has 30 heavy (non-hydrogen) atoms. The zero-order valence-corrected chi connectivity index (χ0v) is 17.5. The van der Waals surface area contributed by atoms with Crippen LogP contribution in [0, 0.1) is 0 Å². The number of rotatable bonds is 5. The van der Waals surface area contributed by atoms with Crippen LogP contribution < -0.4 is 0 Å². The van der Waals surface area contributed by atoms with E-state index in [0.717, 1.165) is 0 Å². The lowest BCUT2D eigenvalue weighted by Gasteiger charge is -2.10. The van der Waals surface area contributed by atoms with Crippen molar-refractivity contribution < 1.29 is 4.58 Å². The highest BCUT2D eigenvalue weighted by molar-refractivity contribution is 5.90. The lowest BCUT2D eigenvalue weighted by Crippen LogP contribution is -1.97. The third-order valence-corrected chi connectivity index (χ3v) is 5.15. The molecule has 4 aromatic carbocycles. The Bertz CT molecular complexity index is 1060. The van der Waals surface area contributed by atoms with Crippen molar-refractivity contribution in [2.24, 2.45) is 0 Å². The molecule has 1 nitrogen and oxygen atoms in total. The zero-order chi connectivity index (χ0) is 20.8. The third-order valence-electron chi connectivity index (χ3n) is 5.15. The van der Waals surface area contributed by atoms with Crippen LogP contribution in [0.15, 0.2) is 115 Å². The first kappa shape index (κ1) is 19.6. The first-order chi connectivity index (χ1) is 14.7. The van der Waals surface area contributed by atoms with Crippen molar-refractivity contribution in [1.82, 2.24) is 0 Å². The number of benzene rings is 4. The number of hydrogen-bond donors (Lipinski definition) is 0. The summed E-state index contributed by atoms with van der Waals surface area (Å²) < 4.78 is 2.07. The van der Waals surface area contributed by atoms with Crippen molar-refractivity contribution in [2.75, 3.05) is 14.1 Å². The van der Waals surface area contributed by atoms with Crippen LogP contribution >= 0.6 is 0 Å². The van der Waals surface area contributed by atoms with Crippen LogP contribution in [0.4, 0.5) is 0 Å². The van der Waals surface area contributed by atoms with Gasteiger partial charge < -0.3 is 0 Å². The summed E-state index contributed by atoms with van der Waals surface area (Å²) in [6, 6.07) is 38.6.